The van der Waals surface area contributed by atoms with Crippen molar-refractivity contribution >= 4 is 15.7 Å². The van der Waals surface area contributed by atoms with Crippen LogP contribution in [0.3, 0.4) is 0 Å². The van der Waals surface area contributed by atoms with Crippen molar-refractivity contribution in [3.63, 3.8) is 0 Å². The first-order valence-electron chi connectivity index (χ1n) is 8.53. The number of hydrogen-bond acceptors (Lipinski definition) is 6. The van der Waals surface area contributed by atoms with Gasteiger partial charge in [0.1, 0.15) is 17.3 Å². The Labute approximate surface area is 145 Å². The van der Waals surface area contributed by atoms with E-state index >= 15 is 0 Å². The average Bonchev–Trinajstić information content (AvgIpc) is 3.12. The van der Waals surface area contributed by atoms with Gasteiger partial charge in [-0.15, -0.1) is 0 Å². The van der Waals surface area contributed by atoms with Gasteiger partial charge in [0.05, 0.1) is 11.5 Å². The standard InChI is InChI=1S/C17H20N2O5S/c20-17(15-10-16(24-18-15)12-3-4-12)19-7-5-14(6-8-19)25(21,22)11-13-2-1-9-23-13/h1-2,9-10,12,14H,3-8,11H2. The first-order chi connectivity index (χ1) is 12.0. The topological polar surface area (TPSA) is 93.6 Å². The summed E-state index contributed by atoms with van der Waals surface area (Å²) in [6, 6.07) is 5.07. The molecular weight excluding hydrogens is 344 g/mol. The van der Waals surface area contributed by atoms with Gasteiger partial charge in [0, 0.05) is 25.1 Å². The molecule has 0 atom stereocenters. The number of carbonyl (C=O) groups is 1. The Morgan fingerprint density at radius 3 is 2.64 bits per heavy atom. The Morgan fingerprint density at radius 2 is 2.00 bits per heavy atom. The highest BCUT2D eigenvalue weighted by atomic mass is 32.2. The third kappa shape index (κ3) is 3.49. The molecule has 0 unspecified atom stereocenters. The predicted octanol–water partition coefficient (Wildman–Crippen LogP) is 2.36. The number of furan rings is 1. The summed E-state index contributed by atoms with van der Waals surface area (Å²) in [6.45, 7) is 0.818. The molecule has 1 saturated carbocycles. The van der Waals surface area contributed by atoms with Crippen LogP contribution in [-0.2, 0) is 15.6 Å². The molecule has 0 radical (unpaired) electrons. The van der Waals surface area contributed by atoms with Crippen LogP contribution in [0.15, 0.2) is 33.4 Å². The third-order valence-electron chi connectivity index (χ3n) is 4.89. The fourth-order valence-corrected chi connectivity index (χ4v) is 4.97. The molecule has 134 valence electrons. The van der Waals surface area contributed by atoms with Crippen molar-refractivity contribution in [2.75, 3.05) is 13.1 Å². The molecule has 1 aliphatic heterocycles. The molecule has 2 fully saturated rings. The molecule has 0 spiro atoms. The zero-order valence-corrected chi connectivity index (χ0v) is 14.6. The molecule has 3 heterocycles. The number of sulfone groups is 1. The van der Waals surface area contributed by atoms with Gasteiger partial charge in [-0.05, 0) is 37.8 Å². The summed E-state index contributed by atoms with van der Waals surface area (Å²) < 4.78 is 35.4. The lowest BCUT2D eigenvalue weighted by Crippen LogP contribution is -2.42. The van der Waals surface area contributed by atoms with Crippen LogP contribution in [-0.4, -0.2) is 42.7 Å². The summed E-state index contributed by atoms with van der Waals surface area (Å²) in [7, 11) is -3.28. The molecule has 7 nitrogen and oxygen atoms in total. The van der Waals surface area contributed by atoms with Crippen LogP contribution in [0.25, 0.3) is 0 Å². The second-order valence-electron chi connectivity index (χ2n) is 6.77. The van der Waals surface area contributed by atoms with Crippen LogP contribution in [0.4, 0.5) is 0 Å². The smallest absolute Gasteiger partial charge is 0.276 e. The number of amides is 1. The molecule has 25 heavy (non-hydrogen) atoms. The van der Waals surface area contributed by atoms with Gasteiger partial charge in [0.25, 0.3) is 5.91 Å². The summed E-state index contributed by atoms with van der Waals surface area (Å²) in [5.41, 5.74) is 0.318. The largest absolute Gasteiger partial charge is 0.468 e. The number of likely N-dealkylation sites (tertiary alicyclic amines) is 1. The average molecular weight is 364 g/mol. The molecule has 0 bridgehead atoms. The van der Waals surface area contributed by atoms with E-state index in [-0.39, 0.29) is 11.7 Å². The zero-order chi connectivity index (χ0) is 17.4. The fourth-order valence-electron chi connectivity index (χ4n) is 3.24. The molecule has 4 rings (SSSR count). The van der Waals surface area contributed by atoms with E-state index in [4.69, 9.17) is 8.94 Å². The van der Waals surface area contributed by atoms with Crippen LogP contribution in [0, 0.1) is 0 Å². The summed E-state index contributed by atoms with van der Waals surface area (Å²) >= 11 is 0. The van der Waals surface area contributed by atoms with Crippen molar-refractivity contribution in [1.29, 1.82) is 0 Å². The summed E-state index contributed by atoms with van der Waals surface area (Å²) in [6.07, 6.45) is 4.51. The van der Waals surface area contributed by atoms with E-state index in [1.807, 2.05) is 0 Å². The van der Waals surface area contributed by atoms with Crippen molar-refractivity contribution in [1.82, 2.24) is 10.1 Å². The molecule has 1 aliphatic carbocycles. The Morgan fingerprint density at radius 1 is 1.24 bits per heavy atom. The Balaban J connectivity index is 1.36. The van der Waals surface area contributed by atoms with Crippen molar-refractivity contribution in [3.05, 3.63) is 41.7 Å². The highest BCUT2D eigenvalue weighted by Gasteiger charge is 2.34. The Bertz CT molecular complexity index is 843. The normalized spacial score (nSPS) is 19.3. The number of piperidine rings is 1. The lowest BCUT2D eigenvalue weighted by Gasteiger charge is -2.31. The minimum Gasteiger partial charge on any atom is -0.468 e. The van der Waals surface area contributed by atoms with Crippen LogP contribution in [0.5, 0.6) is 0 Å². The lowest BCUT2D eigenvalue weighted by molar-refractivity contribution is 0.0715. The maximum absolute atomic E-state index is 12.5. The predicted molar refractivity (Wildman–Crippen MR) is 88.7 cm³/mol. The van der Waals surface area contributed by atoms with E-state index in [1.165, 1.54) is 6.26 Å². The Kier molecular flexibility index (Phi) is 4.15. The first-order valence-corrected chi connectivity index (χ1v) is 10.2. The molecule has 0 N–H and O–H groups in total. The highest BCUT2D eigenvalue weighted by Crippen LogP contribution is 2.40. The molecule has 2 aromatic heterocycles. The minimum absolute atomic E-state index is 0.0906. The second-order valence-corrected chi connectivity index (χ2v) is 9.05. The van der Waals surface area contributed by atoms with E-state index in [1.54, 1.807) is 23.1 Å². The van der Waals surface area contributed by atoms with Crippen LogP contribution in [0.2, 0.25) is 0 Å². The minimum atomic E-state index is -3.28. The number of rotatable bonds is 5. The van der Waals surface area contributed by atoms with Crippen molar-refractivity contribution in [2.45, 2.75) is 42.6 Å². The van der Waals surface area contributed by atoms with Gasteiger partial charge in [-0.2, -0.15) is 0 Å². The third-order valence-corrected chi connectivity index (χ3v) is 7.06. The molecule has 2 aliphatic rings. The molecular formula is C17H20N2O5S. The van der Waals surface area contributed by atoms with Gasteiger partial charge in [-0.1, -0.05) is 5.16 Å². The van der Waals surface area contributed by atoms with E-state index in [2.05, 4.69) is 5.16 Å². The SMILES string of the molecule is O=C(c1cc(C2CC2)on1)N1CCC(S(=O)(=O)Cc2ccco2)CC1. The maximum Gasteiger partial charge on any atom is 0.276 e. The quantitative estimate of drug-likeness (QED) is 0.808. The molecule has 8 heteroatoms. The van der Waals surface area contributed by atoms with Crippen LogP contribution in [0.1, 0.15) is 53.6 Å². The van der Waals surface area contributed by atoms with E-state index in [9.17, 15) is 13.2 Å². The van der Waals surface area contributed by atoms with Crippen LogP contribution < -0.4 is 0 Å². The summed E-state index contributed by atoms with van der Waals surface area (Å²) in [4.78, 5) is 14.2. The lowest BCUT2D eigenvalue weighted by atomic mass is 10.1. The molecule has 0 aromatic carbocycles. The van der Waals surface area contributed by atoms with Gasteiger partial charge >= 0.3 is 0 Å². The number of nitrogens with zero attached hydrogens (tertiary/aromatic N) is 2. The van der Waals surface area contributed by atoms with Gasteiger partial charge in [0.15, 0.2) is 15.5 Å². The number of hydrogen-bond donors (Lipinski definition) is 0. The zero-order valence-electron chi connectivity index (χ0n) is 13.8. The number of carbonyl (C=O) groups excluding carboxylic acids is 1. The molecule has 1 amide bonds. The maximum atomic E-state index is 12.5. The van der Waals surface area contributed by atoms with E-state index in [0.717, 1.165) is 18.6 Å². The number of aromatic nitrogens is 1. The van der Waals surface area contributed by atoms with Crippen molar-refractivity contribution in [2.24, 2.45) is 0 Å². The van der Waals surface area contributed by atoms with Crippen molar-refractivity contribution < 1.29 is 22.2 Å². The molecule has 2 aromatic rings. The highest BCUT2D eigenvalue weighted by molar-refractivity contribution is 7.91. The van der Waals surface area contributed by atoms with Gasteiger partial charge in [-0.3, -0.25) is 4.79 Å². The summed E-state index contributed by atoms with van der Waals surface area (Å²) in [5, 5.41) is 3.43. The fraction of sp³-hybridized carbons (Fsp3) is 0.529. The van der Waals surface area contributed by atoms with E-state index in [0.29, 0.717) is 43.3 Å². The summed E-state index contributed by atoms with van der Waals surface area (Å²) in [5.74, 6) is 1.36. The monoisotopic (exact) mass is 364 g/mol. The van der Waals surface area contributed by atoms with Crippen LogP contribution >= 0.6 is 0 Å². The second kappa shape index (κ2) is 6.33. The van der Waals surface area contributed by atoms with Gasteiger partial charge in [-0.25, -0.2) is 8.42 Å². The Hall–Kier alpha value is -2.09. The van der Waals surface area contributed by atoms with Crippen molar-refractivity contribution in [3.8, 4) is 0 Å². The molecule has 1 saturated heterocycles. The van der Waals surface area contributed by atoms with E-state index < -0.39 is 15.1 Å². The first kappa shape index (κ1) is 16.4. The van der Waals surface area contributed by atoms with Gasteiger partial charge < -0.3 is 13.8 Å². The van der Waals surface area contributed by atoms with Gasteiger partial charge in [0.2, 0.25) is 0 Å².